The number of aromatic nitrogens is 2. The van der Waals surface area contributed by atoms with Gasteiger partial charge >= 0.3 is 0 Å². The van der Waals surface area contributed by atoms with Crippen molar-refractivity contribution in [3.8, 4) is 0 Å². The molecule has 3 aromatic rings. The maximum absolute atomic E-state index is 6.58. The van der Waals surface area contributed by atoms with Gasteiger partial charge in [-0.2, -0.15) is 5.10 Å². The Morgan fingerprint density at radius 1 is 1.12 bits per heavy atom. The summed E-state index contributed by atoms with van der Waals surface area (Å²) < 4.78 is 8.45. The monoisotopic (exact) mass is 369 g/mol. The fourth-order valence-corrected chi connectivity index (χ4v) is 3.32. The van der Waals surface area contributed by atoms with Crippen LogP contribution >= 0.6 is 11.6 Å². The molecule has 0 amide bonds. The molecule has 0 saturated carbocycles. The minimum atomic E-state index is -0.179. The Kier molecular flexibility index (Phi) is 6.45. The van der Waals surface area contributed by atoms with Crippen LogP contribution in [0.4, 0.5) is 0 Å². The molecular weight excluding hydrogens is 346 g/mol. The summed E-state index contributed by atoms with van der Waals surface area (Å²) in [5, 5.41) is 8.30. The fourth-order valence-electron chi connectivity index (χ4n) is 3.10. The van der Waals surface area contributed by atoms with Gasteiger partial charge in [0.15, 0.2) is 0 Å². The quantitative estimate of drug-likeness (QED) is 0.652. The van der Waals surface area contributed by atoms with E-state index < -0.39 is 0 Å². The lowest BCUT2D eigenvalue weighted by atomic mass is 10.0. The maximum Gasteiger partial charge on any atom is 0.125 e. The highest BCUT2D eigenvalue weighted by atomic mass is 35.5. The first-order chi connectivity index (χ1) is 12.7. The molecule has 4 nitrogen and oxygen atoms in total. The van der Waals surface area contributed by atoms with Crippen molar-refractivity contribution < 1.29 is 4.74 Å². The standard InChI is InChI=1S/C21H24ClN3O/c1-23-15-19(14-16-7-6-10-18(22)13-16)26-21(17-8-4-3-5-9-17)20-11-12-24-25(20)2/h3-13,19,21,23H,14-15H2,1-2H3. The van der Waals surface area contributed by atoms with Gasteiger partial charge in [0.25, 0.3) is 0 Å². The fraction of sp³-hybridized carbons (Fsp3) is 0.286. The van der Waals surface area contributed by atoms with Crippen LogP contribution in [0.3, 0.4) is 0 Å². The summed E-state index contributed by atoms with van der Waals surface area (Å²) in [5.41, 5.74) is 3.31. The molecule has 0 fully saturated rings. The first-order valence-corrected chi connectivity index (χ1v) is 9.12. The molecule has 0 spiro atoms. The van der Waals surface area contributed by atoms with Gasteiger partial charge in [0.05, 0.1) is 11.8 Å². The summed E-state index contributed by atoms with van der Waals surface area (Å²) in [6.07, 6.45) is 2.40. The molecule has 26 heavy (non-hydrogen) atoms. The molecule has 0 aliphatic rings. The number of nitrogens with one attached hydrogen (secondary N) is 1. The molecule has 2 unspecified atom stereocenters. The Balaban J connectivity index is 1.86. The molecule has 136 valence electrons. The van der Waals surface area contributed by atoms with Crippen LogP contribution in [-0.2, 0) is 18.2 Å². The summed E-state index contributed by atoms with van der Waals surface area (Å²) >= 11 is 6.14. The largest absolute Gasteiger partial charge is 0.362 e. The van der Waals surface area contributed by atoms with E-state index in [4.69, 9.17) is 16.3 Å². The number of benzene rings is 2. The van der Waals surface area contributed by atoms with Gasteiger partial charge in [-0.3, -0.25) is 4.68 Å². The molecule has 2 atom stereocenters. The van der Waals surface area contributed by atoms with Gasteiger partial charge in [0.1, 0.15) is 6.10 Å². The van der Waals surface area contributed by atoms with E-state index in [0.717, 1.165) is 34.8 Å². The topological polar surface area (TPSA) is 39.1 Å². The van der Waals surface area contributed by atoms with Gasteiger partial charge < -0.3 is 10.1 Å². The predicted molar refractivity (Wildman–Crippen MR) is 105 cm³/mol. The number of aryl methyl sites for hydroxylation is 1. The number of hydrogen-bond donors (Lipinski definition) is 1. The Morgan fingerprint density at radius 3 is 2.58 bits per heavy atom. The first kappa shape index (κ1) is 18.6. The van der Waals surface area contributed by atoms with Gasteiger partial charge in [-0.15, -0.1) is 0 Å². The number of rotatable bonds is 8. The Morgan fingerprint density at radius 2 is 1.92 bits per heavy atom. The van der Waals surface area contributed by atoms with Crippen LogP contribution < -0.4 is 5.32 Å². The third kappa shape index (κ3) is 4.73. The van der Waals surface area contributed by atoms with E-state index in [1.165, 1.54) is 0 Å². The van der Waals surface area contributed by atoms with Crippen molar-refractivity contribution in [3.05, 3.63) is 88.7 Å². The summed E-state index contributed by atoms with van der Waals surface area (Å²) in [4.78, 5) is 0. The molecule has 0 radical (unpaired) electrons. The molecule has 1 aromatic heterocycles. The molecule has 1 N–H and O–H groups in total. The summed E-state index contributed by atoms with van der Waals surface area (Å²) in [5.74, 6) is 0. The molecule has 0 aliphatic heterocycles. The Bertz CT molecular complexity index is 819. The van der Waals surface area contributed by atoms with E-state index in [2.05, 4.69) is 28.6 Å². The summed E-state index contributed by atoms with van der Waals surface area (Å²) in [6.45, 7) is 0.744. The van der Waals surface area contributed by atoms with Gasteiger partial charge in [-0.1, -0.05) is 54.1 Å². The van der Waals surface area contributed by atoms with Crippen LogP contribution in [0.15, 0.2) is 66.9 Å². The van der Waals surface area contributed by atoms with Crippen LogP contribution in [0.1, 0.15) is 22.9 Å². The van der Waals surface area contributed by atoms with E-state index in [1.807, 2.05) is 61.2 Å². The predicted octanol–water partition coefficient (Wildman–Crippen LogP) is 4.01. The second-order valence-electron chi connectivity index (χ2n) is 6.32. The average Bonchev–Trinajstić information content (AvgIpc) is 3.06. The lowest BCUT2D eigenvalue weighted by Crippen LogP contribution is -2.31. The van der Waals surface area contributed by atoms with Crippen molar-refractivity contribution >= 4 is 11.6 Å². The minimum absolute atomic E-state index is 0.00132. The van der Waals surface area contributed by atoms with Crippen molar-refractivity contribution in [3.63, 3.8) is 0 Å². The molecule has 3 rings (SSSR count). The van der Waals surface area contributed by atoms with Crippen LogP contribution in [0.5, 0.6) is 0 Å². The number of ether oxygens (including phenoxy) is 1. The van der Waals surface area contributed by atoms with Crippen molar-refractivity contribution in [2.24, 2.45) is 7.05 Å². The Labute approximate surface area is 159 Å². The molecule has 5 heteroatoms. The van der Waals surface area contributed by atoms with Crippen LogP contribution in [0.25, 0.3) is 0 Å². The zero-order valence-corrected chi connectivity index (χ0v) is 15.9. The third-order valence-corrected chi connectivity index (χ3v) is 4.58. The number of nitrogens with zero attached hydrogens (tertiary/aromatic N) is 2. The van der Waals surface area contributed by atoms with Gasteiger partial charge in [0, 0.05) is 24.8 Å². The molecular formula is C21H24ClN3O. The van der Waals surface area contributed by atoms with Gasteiger partial charge in [0.2, 0.25) is 0 Å². The van der Waals surface area contributed by atoms with E-state index in [-0.39, 0.29) is 12.2 Å². The van der Waals surface area contributed by atoms with Gasteiger partial charge in [-0.05, 0) is 42.8 Å². The summed E-state index contributed by atoms with van der Waals surface area (Å²) in [6, 6.07) is 20.2. The van der Waals surface area contributed by atoms with Crippen molar-refractivity contribution in [2.75, 3.05) is 13.6 Å². The highest BCUT2D eigenvalue weighted by Gasteiger charge is 2.22. The van der Waals surface area contributed by atoms with Crippen molar-refractivity contribution in [2.45, 2.75) is 18.6 Å². The number of halogens is 1. The third-order valence-electron chi connectivity index (χ3n) is 4.34. The number of hydrogen-bond acceptors (Lipinski definition) is 3. The highest BCUT2D eigenvalue weighted by molar-refractivity contribution is 6.30. The second-order valence-corrected chi connectivity index (χ2v) is 6.76. The minimum Gasteiger partial charge on any atom is -0.362 e. The van der Waals surface area contributed by atoms with Crippen molar-refractivity contribution in [1.29, 1.82) is 0 Å². The average molecular weight is 370 g/mol. The Hall–Kier alpha value is -2.14. The van der Waals surface area contributed by atoms with E-state index >= 15 is 0 Å². The zero-order valence-electron chi connectivity index (χ0n) is 15.1. The first-order valence-electron chi connectivity index (χ1n) is 8.74. The van der Waals surface area contributed by atoms with Crippen LogP contribution in [-0.4, -0.2) is 29.5 Å². The van der Waals surface area contributed by atoms with Crippen LogP contribution in [0, 0.1) is 0 Å². The molecule has 0 aliphatic carbocycles. The lowest BCUT2D eigenvalue weighted by molar-refractivity contribution is 0.00631. The zero-order chi connectivity index (χ0) is 18.4. The van der Waals surface area contributed by atoms with Gasteiger partial charge in [-0.25, -0.2) is 0 Å². The van der Waals surface area contributed by atoms with Crippen LogP contribution in [0.2, 0.25) is 5.02 Å². The normalized spacial score (nSPS) is 13.5. The molecule has 2 aromatic carbocycles. The molecule has 1 heterocycles. The highest BCUT2D eigenvalue weighted by Crippen LogP contribution is 2.28. The smallest absolute Gasteiger partial charge is 0.125 e. The second kappa shape index (κ2) is 8.99. The van der Waals surface area contributed by atoms with E-state index in [1.54, 1.807) is 6.20 Å². The lowest BCUT2D eigenvalue weighted by Gasteiger charge is -2.26. The van der Waals surface area contributed by atoms with E-state index in [9.17, 15) is 0 Å². The van der Waals surface area contributed by atoms with Crippen molar-refractivity contribution in [1.82, 2.24) is 15.1 Å². The number of likely N-dealkylation sites (N-methyl/N-ethyl adjacent to an activating group) is 1. The SMILES string of the molecule is CNCC(Cc1cccc(Cl)c1)OC(c1ccccc1)c1ccnn1C. The maximum atomic E-state index is 6.58. The molecule has 0 saturated heterocycles. The summed E-state index contributed by atoms with van der Waals surface area (Å²) in [7, 11) is 3.88. The van der Waals surface area contributed by atoms with E-state index in [0.29, 0.717) is 0 Å². The molecule has 0 bridgehead atoms.